The van der Waals surface area contributed by atoms with Crippen molar-refractivity contribution in [2.24, 2.45) is 11.3 Å². The lowest BCUT2D eigenvalue weighted by atomic mass is 9.75. The molecule has 2 aliphatic rings. The number of nitrogens with one attached hydrogen (secondary N) is 2. The lowest BCUT2D eigenvalue weighted by Crippen LogP contribution is -2.48. The Bertz CT molecular complexity index is 752. The van der Waals surface area contributed by atoms with Gasteiger partial charge >= 0.3 is 6.03 Å². The number of hydrogen-bond acceptors (Lipinski definition) is 3. The molecule has 1 aromatic rings. The van der Waals surface area contributed by atoms with E-state index in [0.717, 1.165) is 5.69 Å². The number of urea groups is 1. The number of benzene rings is 1. The minimum Gasteiger partial charge on any atom is -0.339 e. The van der Waals surface area contributed by atoms with Crippen LogP contribution in [0.1, 0.15) is 40.0 Å². The Labute approximate surface area is 172 Å². The van der Waals surface area contributed by atoms with Crippen LogP contribution < -0.4 is 10.6 Å². The number of fused-ring (bicyclic) bond motifs is 1. The molecule has 0 spiro atoms. The first-order chi connectivity index (χ1) is 13.8. The second-order valence-corrected chi connectivity index (χ2v) is 8.56. The van der Waals surface area contributed by atoms with Crippen LogP contribution >= 0.6 is 0 Å². The molecule has 2 N–H and O–H groups in total. The lowest BCUT2D eigenvalue weighted by Gasteiger charge is -2.35. The van der Waals surface area contributed by atoms with E-state index in [1.165, 1.54) is 0 Å². The molecule has 4 amide bonds. The van der Waals surface area contributed by atoms with E-state index in [9.17, 15) is 14.4 Å². The van der Waals surface area contributed by atoms with Gasteiger partial charge < -0.3 is 20.4 Å². The topological polar surface area (TPSA) is 81.8 Å². The Kier molecular flexibility index (Phi) is 6.45. The van der Waals surface area contributed by atoms with Crippen LogP contribution in [-0.2, 0) is 9.59 Å². The monoisotopic (exact) mass is 400 g/mol. The normalized spacial score (nSPS) is 24.1. The van der Waals surface area contributed by atoms with Crippen LogP contribution in [0.3, 0.4) is 0 Å². The molecule has 2 atom stereocenters. The fourth-order valence-electron chi connectivity index (χ4n) is 4.53. The maximum absolute atomic E-state index is 13.4. The SMILES string of the molecule is CC(=O)N1CC[C@]2(C(=O)Nc3ccccc3)CCN(C(=O)NCC(C)C)CC[C@H]12. The summed E-state index contributed by atoms with van der Waals surface area (Å²) in [6, 6.07) is 9.12. The number of nitrogens with zero attached hydrogens (tertiary/aromatic N) is 2. The number of para-hydroxylation sites is 1. The molecule has 158 valence electrons. The fourth-order valence-corrected chi connectivity index (χ4v) is 4.53. The molecule has 3 rings (SSSR count). The minimum absolute atomic E-state index is 0.0119. The zero-order chi connectivity index (χ0) is 21.0. The van der Waals surface area contributed by atoms with E-state index in [2.05, 4.69) is 24.5 Å². The third-order valence-electron chi connectivity index (χ3n) is 6.15. The summed E-state index contributed by atoms with van der Waals surface area (Å²) in [7, 11) is 0. The number of carbonyl (C=O) groups is 3. The highest BCUT2D eigenvalue weighted by Gasteiger charge is 2.54. The zero-order valence-corrected chi connectivity index (χ0v) is 17.6. The van der Waals surface area contributed by atoms with Gasteiger partial charge in [-0.2, -0.15) is 0 Å². The van der Waals surface area contributed by atoms with Crippen molar-refractivity contribution in [1.29, 1.82) is 0 Å². The van der Waals surface area contributed by atoms with Crippen molar-refractivity contribution in [3.63, 3.8) is 0 Å². The summed E-state index contributed by atoms with van der Waals surface area (Å²) in [6.07, 6.45) is 1.78. The number of likely N-dealkylation sites (tertiary alicyclic amines) is 2. The third-order valence-corrected chi connectivity index (χ3v) is 6.15. The standard InChI is InChI=1S/C22H32N4O3/c1-16(2)15-23-21(29)25-12-9-19-22(10-13-25,11-14-26(19)17(3)27)20(28)24-18-7-5-4-6-8-18/h4-8,16,19H,9-15H2,1-3H3,(H,23,29)(H,24,28)/t19-,22+/m0/s1. The van der Waals surface area contributed by atoms with E-state index in [-0.39, 0.29) is 23.9 Å². The minimum atomic E-state index is -0.672. The molecular weight excluding hydrogens is 368 g/mol. The van der Waals surface area contributed by atoms with Gasteiger partial charge in [0.2, 0.25) is 11.8 Å². The second kappa shape index (κ2) is 8.84. The molecule has 7 nitrogen and oxygen atoms in total. The Hall–Kier alpha value is -2.57. The summed E-state index contributed by atoms with van der Waals surface area (Å²) in [5, 5.41) is 6.02. The van der Waals surface area contributed by atoms with E-state index < -0.39 is 5.41 Å². The highest BCUT2D eigenvalue weighted by Crippen LogP contribution is 2.44. The van der Waals surface area contributed by atoms with E-state index in [4.69, 9.17) is 0 Å². The van der Waals surface area contributed by atoms with Crippen molar-refractivity contribution in [2.75, 3.05) is 31.5 Å². The molecule has 7 heteroatoms. The average molecular weight is 401 g/mol. The molecule has 0 saturated carbocycles. The summed E-state index contributed by atoms with van der Waals surface area (Å²) < 4.78 is 0. The highest BCUT2D eigenvalue weighted by atomic mass is 16.2. The van der Waals surface area contributed by atoms with Crippen molar-refractivity contribution >= 4 is 23.5 Å². The van der Waals surface area contributed by atoms with Crippen LogP contribution in [0.2, 0.25) is 0 Å². The van der Waals surface area contributed by atoms with Gasteiger partial charge in [-0.25, -0.2) is 4.79 Å². The largest absolute Gasteiger partial charge is 0.339 e. The van der Waals surface area contributed by atoms with Crippen molar-refractivity contribution in [3.8, 4) is 0 Å². The molecule has 0 bridgehead atoms. The summed E-state index contributed by atoms with van der Waals surface area (Å²) >= 11 is 0. The predicted octanol–water partition coefficient (Wildman–Crippen LogP) is 2.69. The van der Waals surface area contributed by atoms with Gasteiger partial charge in [-0.05, 0) is 37.3 Å². The second-order valence-electron chi connectivity index (χ2n) is 8.56. The number of carbonyl (C=O) groups excluding carboxylic acids is 3. The van der Waals surface area contributed by atoms with Crippen molar-refractivity contribution in [2.45, 2.75) is 46.1 Å². The van der Waals surface area contributed by atoms with Crippen LogP contribution in [0.15, 0.2) is 30.3 Å². The van der Waals surface area contributed by atoms with Crippen LogP contribution in [0.5, 0.6) is 0 Å². The molecule has 29 heavy (non-hydrogen) atoms. The van der Waals surface area contributed by atoms with Crippen LogP contribution in [0, 0.1) is 11.3 Å². The van der Waals surface area contributed by atoms with Crippen molar-refractivity contribution in [3.05, 3.63) is 30.3 Å². The van der Waals surface area contributed by atoms with Crippen molar-refractivity contribution in [1.82, 2.24) is 15.1 Å². The van der Waals surface area contributed by atoms with Gasteiger partial charge in [-0.3, -0.25) is 9.59 Å². The molecule has 0 unspecified atom stereocenters. The molecule has 0 aliphatic carbocycles. The zero-order valence-electron chi connectivity index (χ0n) is 17.6. The maximum Gasteiger partial charge on any atom is 0.317 e. The van der Waals surface area contributed by atoms with Gasteiger partial charge in [0.25, 0.3) is 0 Å². The molecular formula is C22H32N4O3. The highest BCUT2D eigenvalue weighted by molar-refractivity contribution is 5.97. The van der Waals surface area contributed by atoms with Crippen LogP contribution in [0.25, 0.3) is 0 Å². The Morgan fingerprint density at radius 2 is 1.79 bits per heavy atom. The first kappa shape index (κ1) is 21.1. The smallest absolute Gasteiger partial charge is 0.317 e. The number of rotatable bonds is 4. The summed E-state index contributed by atoms with van der Waals surface area (Å²) in [5.74, 6) is 0.311. The van der Waals surface area contributed by atoms with Gasteiger partial charge in [0.05, 0.1) is 5.41 Å². The van der Waals surface area contributed by atoms with Gasteiger partial charge in [0, 0.05) is 44.8 Å². The Morgan fingerprint density at radius 3 is 2.45 bits per heavy atom. The average Bonchev–Trinajstić information content (AvgIpc) is 2.96. The molecule has 1 aromatic carbocycles. The summed E-state index contributed by atoms with van der Waals surface area (Å²) in [5.41, 5.74) is 0.0804. The van der Waals surface area contributed by atoms with Gasteiger partial charge in [0.15, 0.2) is 0 Å². The summed E-state index contributed by atoms with van der Waals surface area (Å²) in [4.78, 5) is 41.8. The lowest BCUT2D eigenvalue weighted by molar-refractivity contribution is -0.133. The van der Waals surface area contributed by atoms with Crippen LogP contribution in [0.4, 0.5) is 10.5 Å². The first-order valence-corrected chi connectivity index (χ1v) is 10.5. The number of hydrogen-bond donors (Lipinski definition) is 2. The summed E-state index contributed by atoms with van der Waals surface area (Å²) in [6.45, 7) is 7.93. The quantitative estimate of drug-likeness (QED) is 0.815. The van der Waals surface area contributed by atoms with Crippen LogP contribution in [-0.4, -0.2) is 59.9 Å². The maximum atomic E-state index is 13.4. The number of anilines is 1. The predicted molar refractivity (Wildman–Crippen MR) is 112 cm³/mol. The van der Waals surface area contributed by atoms with E-state index in [1.807, 2.05) is 35.2 Å². The Morgan fingerprint density at radius 1 is 1.10 bits per heavy atom. The van der Waals surface area contributed by atoms with Gasteiger partial charge in [0.1, 0.15) is 0 Å². The molecule has 2 fully saturated rings. The fraction of sp³-hybridized carbons (Fsp3) is 0.591. The molecule has 2 heterocycles. The first-order valence-electron chi connectivity index (χ1n) is 10.5. The molecule has 2 saturated heterocycles. The Balaban J connectivity index is 1.80. The van der Waals surface area contributed by atoms with E-state index in [1.54, 1.807) is 11.8 Å². The third kappa shape index (κ3) is 4.54. The van der Waals surface area contributed by atoms with E-state index >= 15 is 0 Å². The number of amides is 4. The van der Waals surface area contributed by atoms with Crippen molar-refractivity contribution < 1.29 is 14.4 Å². The van der Waals surface area contributed by atoms with Gasteiger partial charge in [-0.1, -0.05) is 32.0 Å². The molecule has 0 aromatic heterocycles. The molecule has 2 aliphatic heterocycles. The molecule has 0 radical (unpaired) electrons. The van der Waals surface area contributed by atoms with E-state index in [0.29, 0.717) is 51.4 Å². The van der Waals surface area contributed by atoms with Gasteiger partial charge in [-0.15, -0.1) is 0 Å².